The first-order valence-electron chi connectivity index (χ1n) is 11.9. The van der Waals surface area contributed by atoms with Crippen molar-refractivity contribution in [2.45, 2.75) is 44.4 Å². The standard InChI is InChI=1S/C24H26ClIN4O6PS3/c1-13-19(24(2,32)15-4-3-5-16(25)7-15)9-21(38-13)22(31)18-10-28-12-29-23(18)30-17-6-14(11-35-40(27,33)34)20(8-17)36-39(26)37/h3-5,7,9-10,12,14,17,20,32H,6,8,11H2,1-2H3,(H2,27,33,34)(H,28,29,30)/q-1/t14-,17-,20+,24?/m1/s1. The third-order valence-corrected chi connectivity index (χ3v) is 9.67. The second kappa shape index (κ2) is 13.1. The normalized spacial score (nSPS) is 20.9. The number of nitrogens with two attached hydrogens (primary N) is 1. The fourth-order valence-corrected chi connectivity index (χ4v) is 7.95. The van der Waals surface area contributed by atoms with Gasteiger partial charge in [-0.3, -0.25) is 0 Å². The van der Waals surface area contributed by atoms with Crippen LogP contribution in [0.1, 0.15) is 51.0 Å². The quantitative estimate of drug-likeness (QED) is 0.112. The summed E-state index contributed by atoms with van der Waals surface area (Å²) in [5.41, 5.74) is 0.112. The van der Waals surface area contributed by atoms with Crippen LogP contribution in [-0.2, 0) is 31.6 Å². The molecule has 0 radical (unpaired) electrons. The molecule has 1 unspecified atom stereocenters. The van der Waals surface area contributed by atoms with Gasteiger partial charge in [-0.2, -0.15) is 0 Å². The molecule has 10 nitrogen and oxygen atoms in total. The Kier molecular flexibility index (Phi) is 10.5. The number of halogens is 2. The third-order valence-electron chi connectivity index (χ3n) is 6.63. The molecule has 1 fully saturated rings. The van der Waals surface area contributed by atoms with Crippen molar-refractivity contribution in [3.8, 4) is 0 Å². The number of ketones is 1. The van der Waals surface area contributed by atoms with Crippen molar-refractivity contribution in [1.82, 2.24) is 9.97 Å². The number of aromatic nitrogens is 2. The first-order chi connectivity index (χ1) is 18.7. The van der Waals surface area contributed by atoms with Crippen LogP contribution in [0.3, 0.4) is 0 Å². The van der Waals surface area contributed by atoms with Gasteiger partial charge in [0.15, 0.2) is 0 Å². The van der Waals surface area contributed by atoms with Gasteiger partial charge < -0.3 is 5.11 Å². The van der Waals surface area contributed by atoms with Crippen molar-refractivity contribution >= 4 is 81.2 Å². The molecule has 4 N–H and O–H groups in total. The van der Waals surface area contributed by atoms with E-state index in [1.807, 2.05) is 28.1 Å². The molecule has 0 saturated heterocycles. The minimum absolute atomic E-state index is 0.136. The van der Waals surface area contributed by atoms with E-state index >= 15 is 0 Å². The zero-order valence-electron chi connectivity index (χ0n) is 21.3. The number of benzene rings is 1. The molecule has 4 rings (SSSR count). The van der Waals surface area contributed by atoms with E-state index in [1.54, 1.807) is 37.3 Å². The molecule has 1 aromatic carbocycles. The molecule has 0 aliphatic heterocycles. The van der Waals surface area contributed by atoms with Crippen molar-refractivity contribution in [2.24, 2.45) is 11.1 Å². The Morgan fingerprint density at radius 3 is 2.83 bits per heavy atom. The van der Waals surface area contributed by atoms with E-state index in [1.165, 1.54) is 23.9 Å². The fourth-order valence-electron chi connectivity index (χ4n) is 4.74. The smallest absolute Gasteiger partial charge is 0.381 e. The third kappa shape index (κ3) is 7.91. The first kappa shape index (κ1) is 32.0. The molecule has 3 aromatic rings. The van der Waals surface area contributed by atoms with Crippen LogP contribution in [0.25, 0.3) is 0 Å². The summed E-state index contributed by atoms with van der Waals surface area (Å²) < 4.78 is 33.4. The van der Waals surface area contributed by atoms with E-state index in [4.69, 9.17) is 25.1 Å². The van der Waals surface area contributed by atoms with E-state index in [0.717, 1.165) is 4.88 Å². The van der Waals surface area contributed by atoms with Gasteiger partial charge in [-0.25, -0.2) is 0 Å². The van der Waals surface area contributed by atoms with Crippen LogP contribution in [0.15, 0.2) is 42.9 Å². The van der Waals surface area contributed by atoms with Gasteiger partial charge >= 0.3 is 189 Å². The summed E-state index contributed by atoms with van der Waals surface area (Å²) in [7, 11) is -0.472. The number of hydrogen-bond acceptors (Lipinski definition) is 11. The molecular formula is C24H26ClIN4O6PS3-. The van der Waals surface area contributed by atoms with Crippen molar-refractivity contribution in [1.29, 1.82) is 0 Å². The van der Waals surface area contributed by atoms with Crippen LogP contribution in [0.5, 0.6) is 0 Å². The van der Waals surface area contributed by atoms with Crippen molar-refractivity contribution in [3.63, 3.8) is 0 Å². The second-order valence-corrected chi connectivity index (χ2v) is 18.5. The Balaban J connectivity index is 1.56. The number of hydrogen-bond donors (Lipinski definition) is 3. The minimum Gasteiger partial charge on any atom is -0.381 e. The van der Waals surface area contributed by atoms with Gasteiger partial charge in [0.1, 0.15) is 5.60 Å². The van der Waals surface area contributed by atoms with E-state index in [-0.39, 0.29) is 36.0 Å². The number of aryl methyl sites for hydroxylation is 1. The molecule has 1 aliphatic rings. The first-order valence-corrected chi connectivity index (χ1v) is 19.3. The number of nitrogens with zero attached hydrogens (tertiary/aromatic N) is 2. The van der Waals surface area contributed by atoms with E-state index in [9.17, 15) is 18.3 Å². The Bertz CT molecular complexity index is 1600. The predicted molar refractivity (Wildman–Crippen MR) is 167 cm³/mol. The van der Waals surface area contributed by atoms with Gasteiger partial charge in [-0.05, 0) is 31.5 Å². The number of carbonyl (C=O) groups is 1. The molecule has 0 spiro atoms. The van der Waals surface area contributed by atoms with Crippen LogP contribution >= 0.6 is 52.0 Å². The van der Waals surface area contributed by atoms with Gasteiger partial charge in [0, 0.05) is 5.02 Å². The van der Waals surface area contributed by atoms with Crippen LogP contribution in [0, 0.1) is 12.8 Å². The molecule has 4 atom stereocenters. The summed E-state index contributed by atoms with van der Waals surface area (Å²) in [4.78, 5) is 23.2. The molecular weight excluding hydrogens is 730 g/mol. The van der Waals surface area contributed by atoms with Crippen molar-refractivity contribution in [3.05, 3.63) is 74.3 Å². The van der Waals surface area contributed by atoms with Crippen molar-refractivity contribution < 1.29 is 26.7 Å². The molecule has 2 heterocycles. The molecule has 16 heteroatoms. The average Bonchev–Trinajstić information content (AvgIpc) is 3.45. The summed E-state index contributed by atoms with van der Waals surface area (Å²) >= 11 is 9.45. The average molecular weight is 756 g/mol. The van der Waals surface area contributed by atoms with Crippen LogP contribution in [0.4, 0.5) is 5.82 Å². The molecule has 2 aromatic heterocycles. The van der Waals surface area contributed by atoms with E-state index in [0.29, 0.717) is 39.7 Å². The van der Waals surface area contributed by atoms with E-state index in [2.05, 4.69) is 23.1 Å². The molecule has 216 valence electrons. The summed E-state index contributed by atoms with van der Waals surface area (Å²) in [6.07, 6.45) is 3.45. The number of nitrogens with one attached hydrogen (secondary N) is 1. The van der Waals surface area contributed by atoms with Crippen molar-refractivity contribution in [2.75, 3.05) is 11.9 Å². The predicted octanol–water partition coefficient (Wildman–Crippen LogP) is 4.99. The molecule has 40 heavy (non-hydrogen) atoms. The number of thiophene rings is 1. The fraction of sp³-hybridized carbons (Fsp3) is 0.375. The molecule has 1 saturated carbocycles. The molecule has 0 bridgehead atoms. The van der Waals surface area contributed by atoms with Gasteiger partial charge in [0.05, 0.1) is 0 Å². The number of aliphatic hydroxyl groups is 1. The Morgan fingerprint density at radius 2 is 2.15 bits per heavy atom. The monoisotopic (exact) mass is 755 g/mol. The van der Waals surface area contributed by atoms with Crippen LogP contribution in [-0.4, -0.2) is 48.0 Å². The Morgan fingerprint density at radius 1 is 1.40 bits per heavy atom. The Hall–Kier alpha value is -0.940. The van der Waals surface area contributed by atoms with Gasteiger partial charge in [-0.15, -0.1) is 0 Å². The summed E-state index contributed by atoms with van der Waals surface area (Å²) in [6, 6.07) is 8.47. The summed E-state index contributed by atoms with van der Waals surface area (Å²) in [5, 5.41) is 20.2. The second-order valence-electron chi connectivity index (χ2n) is 9.47. The zero-order chi connectivity index (χ0) is 29.2. The molecule has 0 amide bonds. The molecule has 1 aliphatic carbocycles. The number of anilines is 1. The van der Waals surface area contributed by atoms with Gasteiger partial charge in [0.2, 0.25) is 0 Å². The summed E-state index contributed by atoms with van der Waals surface area (Å²) in [5.74, 6) is -0.233. The van der Waals surface area contributed by atoms with E-state index < -0.39 is 23.2 Å². The Labute approximate surface area is 257 Å². The zero-order valence-corrected chi connectivity index (χ0v) is 27.5. The maximum absolute atomic E-state index is 13.7. The minimum atomic E-state index is -4.10. The maximum atomic E-state index is 13.7. The van der Waals surface area contributed by atoms with Crippen LogP contribution in [0.2, 0.25) is 5.02 Å². The SMILES string of the molecule is Cc1sc(C(=O)c2cncnc2N[C@@H]2C[C@H](COS(N)(=O)=O)[C@@H](O[S-](#P)I)C2)cc1C(C)(O)c1cccc(Cl)c1. The number of carbonyl (C=O) groups excluding carboxylic acids is 1. The van der Waals surface area contributed by atoms with Gasteiger partial charge in [-0.1, -0.05) is 23.7 Å². The van der Waals surface area contributed by atoms with Gasteiger partial charge in [0.25, 0.3) is 0 Å². The number of rotatable bonds is 10. The summed E-state index contributed by atoms with van der Waals surface area (Å²) in [6.45, 7) is 3.38. The van der Waals surface area contributed by atoms with Crippen LogP contribution < -0.4 is 10.5 Å². The topological polar surface area (TPSA) is 154 Å².